The van der Waals surface area contributed by atoms with Crippen LogP contribution < -0.4 is 0 Å². The number of aliphatic hydroxyl groups is 1. The van der Waals surface area contributed by atoms with Gasteiger partial charge in [-0.25, -0.2) is 0 Å². The van der Waals surface area contributed by atoms with E-state index in [1.54, 1.807) is 4.90 Å². The van der Waals surface area contributed by atoms with Crippen molar-refractivity contribution >= 4 is 5.91 Å². The molecule has 0 radical (unpaired) electrons. The Morgan fingerprint density at radius 3 is 2.50 bits per heavy atom. The average molecular weight is 201 g/mol. The van der Waals surface area contributed by atoms with Gasteiger partial charge in [-0.2, -0.15) is 0 Å². The molecule has 14 heavy (non-hydrogen) atoms. The third-order valence-electron chi connectivity index (χ3n) is 2.94. The number of carbonyl (C=O) groups is 1. The number of aliphatic hydroxyl groups excluding tert-OH is 1. The number of hydrogen-bond donors (Lipinski definition) is 1. The van der Waals surface area contributed by atoms with E-state index in [0.29, 0.717) is 32.7 Å². The summed E-state index contributed by atoms with van der Waals surface area (Å²) in [5.74, 6) is 0.0470. The molecule has 82 valence electrons. The van der Waals surface area contributed by atoms with Crippen LogP contribution in [0, 0.1) is 5.41 Å². The van der Waals surface area contributed by atoms with Gasteiger partial charge >= 0.3 is 0 Å². The molecule has 1 amide bonds. The molecule has 0 spiro atoms. The van der Waals surface area contributed by atoms with Crippen LogP contribution in [0.2, 0.25) is 0 Å². The molecule has 4 nitrogen and oxygen atoms in total. The summed E-state index contributed by atoms with van der Waals surface area (Å²) in [7, 11) is 0. The van der Waals surface area contributed by atoms with E-state index in [2.05, 4.69) is 0 Å². The van der Waals surface area contributed by atoms with Gasteiger partial charge in [-0.1, -0.05) is 6.92 Å². The minimum Gasteiger partial charge on any atom is -0.395 e. The Labute approximate surface area is 84.8 Å². The first kappa shape index (κ1) is 11.5. The molecule has 1 rings (SSSR count). The molecular formula is C10H19NO3. The smallest absolute Gasteiger partial charge is 0.230 e. The first-order chi connectivity index (χ1) is 6.64. The maximum atomic E-state index is 12.0. The molecule has 1 fully saturated rings. The Morgan fingerprint density at radius 1 is 1.50 bits per heavy atom. The molecule has 4 heteroatoms. The van der Waals surface area contributed by atoms with Gasteiger partial charge in [0.1, 0.15) is 0 Å². The predicted molar refractivity (Wildman–Crippen MR) is 52.9 cm³/mol. The van der Waals surface area contributed by atoms with Crippen molar-refractivity contribution in [1.82, 2.24) is 4.90 Å². The number of nitrogens with zero attached hydrogens (tertiary/aromatic N) is 1. The van der Waals surface area contributed by atoms with E-state index < -0.39 is 5.41 Å². The highest BCUT2D eigenvalue weighted by molar-refractivity contribution is 5.82. The van der Waals surface area contributed by atoms with Crippen LogP contribution in [0.3, 0.4) is 0 Å². The van der Waals surface area contributed by atoms with Gasteiger partial charge in [0.15, 0.2) is 0 Å². The zero-order valence-corrected chi connectivity index (χ0v) is 8.95. The fourth-order valence-electron chi connectivity index (χ4n) is 1.48. The minimum atomic E-state index is -0.614. The number of carbonyl (C=O) groups excluding carboxylic acids is 1. The maximum Gasteiger partial charge on any atom is 0.230 e. The minimum absolute atomic E-state index is 0.0470. The topological polar surface area (TPSA) is 49.8 Å². The van der Waals surface area contributed by atoms with Gasteiger partial charge in [0.25, 0.3) is 0 Å². The van der Waals surface area contributed by atoms with Gasteiger partial charge in [-0.05, 0) is 13.3 Å². The fraction of sp³-hybridized carbons (Fsp3) is 0.900. The van der Waals surface area contributed by atoms with Crippen LogP contribution in [0.5, 0.6) is 0 Å². The molecule has 1 heterocycles. The van der Waals surface area contributed by atoms with Gasteiger partial charge < -0.3 is 14.7 Å². The Bertz CT molecular complexity index is 196. The van der Waals surface area contributed by atoms with E-state index in [1.807, 2.05) is 13.8 Å². The summed E-state index contributed by atoms with van der Waals surface area (Å²) < 4.78 is 5.17. The van der Waals surface area contributed by atoms with Crippen molar-refractivity contribution in [3.8, 4) is 0 Å². The quantitative estimate of drug-likeness (QED) is 0.712. The van der Waals surface area contributed by atoms with Crippen LogP contribution in [-0.2, 0) is 9.53 Å². The number of ether oxygens (including phenoxy) is 1. The third-order valence-corrected chi connectivity index (χ3v) is 2.94. The van der Waals surface area contributed by atoms with E-state index in [9.17, 15) is 9.90 Å². The molecule has 0 aliphatic carbocycles. The first-order valence-electron chi connectivity index (χ1n) is 5.12. The van der Waals surface area contributed by atoms with Crippen molar-refractivity contribution in [3.05, 3.63) is 0 Å². The lowest BCUT2D eigenvalue weighted by Gasteiger charge is -2.34. The maximum absolute atomic E-state index is 12.0. The molecule has 0 saturated carbocycles. The number of hydrogen-bond acceptors (Lipinski definition) is 3. The van der Waals surface area contributed by atoms with Crippen LogP contribution in [0.1, 0.15) is 20.3 Å². The fourth-order valence-corrected chi connectivity index (χ4v) is 1.48. The summed E-state index contributed by atoms with van der Waals surface area (Å²) in [5.41, 5.74) is -0.614. The second-order valence-corrected chi connectivity index (χ2v) is 3.98. The molecule has 0 aromatic carbocycles. The lowest BCUT2D eigenvalue weighted by Crippen LogP contribution is -2.48. The summed E-state index contributed by atoms with van der Waals surface area (Å²) in [5, 5.41) is 9.21. The Kier molecular flexibility index (Phi) is 3.89. The van der Waals surface area contributed by atoms with Crippen molar-refractivity contribution in [2.45, 2.75) is 20.3 Å². The third kappa shape index (κ3) is 2.25. The predicted octanol–water partition coefficient (Wildman–Crippen LogP) is 0.254. The second kappa shape index (κ2) is 4.75. The summed E-state index contributed by atoms with van der Waals surface area (Å²) in [6.07, 6.45) is 0.666. The highest BCUT2D eigenvalue weighted by Gasteiger charge is 2.34. The summed E-state index contributed by atoms with van der Waals surface area (Å²) in [6.45, 7) is 6.16. The molecule has 0 bridgehead atoms. The number of morpholine rings is 1. The van der Waals surface area contributed by atoms with Gasteiger partial charge in [-0.3, -0.25) is 4.79 Å². The highest BCUT2D eigenvalue weighted by atomic mass is 16.5. The van der Waals surface area contributed by atoms with Gasteiger partial charge in [0.05, 0.1) is 25.2 Å². The van der Waals surface area contributed by atoms with Crippen molar-refractivity contribution < 1.29 is 14.6 Å². The molecule has 0 aromatic rings. The lowest BCUT2D eigenvalue weighted by atomic mass is 9.87. The SMILES string of the molecule is CCC(C)(CO)C(=O)N1CCOCC1. The highest BCUT2D eigenvalue weighted by Crippen LogP contribution is 2.23. The van der Waals surface area contributed by atoms with E-state index in [1.165, 1.54) is 0 Å². The van der Waals surface area contributed by atoms with Crippen molar-refractivity contribution in [3.63, 3.8) is 0 Å². The van der Waals surface area contributed by atoms with E-state index >= 15 is 0 Å². The van der Waals surface area contributed by atoms with Crippen molar-refractivity contribution in [1.29, 1.82) is 0 Å². The Hall–Kier alpha value is -0.610. The number of rotatable bonds is 3. The first-order valence-corrected chi connectivity index (χ1v) is 5.12. The van der Waals surface area contributed by atoms with Gasteiger partial charge in [0, 0.05) is 13.1 Å². The van der Waals surface area contributed by atoms with Crippen LogP contribution in [0.4, 0.5) is 0 Å². The standard InChI is InChI=1S/C10H19NO3/c1-3-10(2,8-12)9(13)11-4-6-14-7-5-11/h12H,3-8H2,1-2H3. The van der Waals surface area contributed by atoms with Gasteiger partial charge in [-0.15, -0.1) is 0 Å². The zero-order chi connectivity index (χ0) is 10.6. The van der Waals surface area contributed by atoms with Crippen LogP contribution >= 0.6 is 0 Å². The van der Waals surface area contributed by atoms with E-state index in [-0.39, 0.29) is 12.5 Å². The summed E-state index contributed by atoms with van der Waals surface area (Å²) in [4.78, 5) is 13.8. The molecule has 1 saturated heterocycles. The zero-order valence-electron chi connectivity index (χ0n) is 8.95. The monoisotopic (exact) mass is 201 g/mol. The lowest BCUT2D eigenvalue weighted by molar-refractivity contribution is -0.147. The summed E-state index contributed by atoms with van der Waals surface area (Å²) >= 11 is 0. The Morgan fingerprint density at radius 2 is 2.07 bits per heavy atom. The van der Waals surface area contributed by atoms with E-state index in [4.69, 9.17) is 4.74 Å². The molecule has 1 atom stereocenters. The van der Waals surface area contributed by atoms with Crippen molar-refractivity contribution in [2.75, 3.05) is 32.9 Å². The van der Waals surface area contributed by atoms with Crippen molar-refractivity contribution in [2.24, 2.45) is 5.41 Å². The molecule has 1 aliphatic rings. The van der Waals surface area contributed by atoms with E-state index in [0.717, 1.165) is 0 Å². The van der Waals surface area contributed by atoms with Crippen LogP contribution in [-0.4, -0.2) is 48.8 Å². The molecule has 1 unspecified atom stereocenters. The molecular weight excluding hydrogens is 182 g/mol. The average Bonchev–Trinajstić information content (AvgIpc) is 2.28. The normalized spacial score (nSPS) is 21.8. The van der Waals surface area contributed by atoms with Crippen LogP contribution in [0.25, 0.3) is 0 Å². The summed E-state index contributed by atoms with van der Waals surface area (Å²) in [6, 6.07) is 0. The molecule has 1 aliphatic heterocycles. The van der Waals surface area contributed by atoms with Crippen LogP contribution in [0.15, 0.2) is 0 Å². The van der Waals surface area contributed by atoms with Gasteiger partial charge in [0.2, 0.25) is 5.91 Å². The molecule has 0 aromatic heterocycles. The second-order valence-electron chi connectivity index (χ2n) is 3.98. The number of amides is 1. The largest absolute Gasteiger partial charge is 0.395 e. The Balaban J connectivity index is 2.61. The molecule has 1 N–H and O–H groups in total.